The predicted molar refractivity (Wildman–Crippen MR) is 105 cm³/mol. The van der Waals surface area contributed by atoms with E-state index in [2.05, 4.69) is 11.2 Å². The van der Waals surface area contributed by atoms with Crippen LogP contribution < -0.4 is 0 Å². The number of hydrogen-bond acceptors (Lipinski definition) is 7. The molecule has 0 amide bonds. The zero-order valence-electron chi connectivity index (χ0n) is 16.8. The maximum Gasteiger partial charge on any atom is 0.354 e. The van der Waals surface area contributed by atoms with E-state index in [1.807, 2.05) is 6.92 Å². The number of fused-ring (bicyclic) bond motifs is 4. The Bertz CT molecular complexity index is 1050. The standard InChI is InChI=1S/C23H22N2O5/c1-13-3-8-16-19(21(2)18(26)9-10-23(13,21)28)29-20(27)22(16)11-17(25-30-22)15-6-4-14(12-24)5-7-15/h4-7,9-10,13,16,19,28H,3,8,11H2,1-2H3/t13-,16+,19+,21-,22?,23+/m0/s1. The van der Waals surface area contributed by atoms with E-state index in [0.717, 1.165) is 5.56 Å². The number of aliphatic hydroxyl groups is 1. The van der Waals surface area contributed by atoms with Crippen molar-refractivity contribution in [1.82, 2.24) is 0 Å². The average molecular weight is 406 g/mol. The van der Waals surface area contributed by atoms with E-state index in [-0.39, 0.29) is 18.1 Å². The Kier molecular flexibility index (Phi) is 3.81. The third kappa shape index (κ3) is 2.15. The van der Waals surface area contributed by atoms with Crippen LogP contribution in [0.15, 0.2) is 41.6 Å². The largest absolute Gasteiger partial charge is 0.458 e. The Morgan fingerprint density at radius 3 is 2.67 bits per heavy atom. The highest BCUT2D eigenvalue weighted by Gasteiger charge is 2.73. The first-order valence-corrected chi connectivity index (χ1v) is 10.2. The van der Waals surface area contributed by atoms with Crippen molar-refractivity contribution in [2.75, 3.05) is 0 Å². The molecule has 2 heterocycles. The van der Waals surface area contributed by atoms with Gasteiger partial charge in [0.1, 0.15) is 17.1 Å². The van der Waals surface area contributed by atoms with Crippen molar-refractivity contribution in [2.24, 2.45) is 22.4 Å². The van der Waals surface area contributed by atoms with Crippen molar-refractivity contribution in [3.05, 3.63) is 47.5 Å². The monoisotopic (exact) mass is 406 g/mol. The van der Waals surface area contributed by atoms with Crippen molar-refractivity contribution in [3.63, 3.8) is 0 Å². The molecule has 2 aliphatic carbocycles. The van der Waals surface area contributed by atoms with E-state index in [1.165, 1.54) is 6.08 Å². The highest BCUT2D eigenvalue weighted by Crippen LogP contribution is 2.59. The molecule has 0 aromatic heterocycles. The summed E-state index contributed by atoms with van der Waals surface area (Å²) in [5.74, 6) is -1.35. The lowest BCUT2D eigenvalue weighted by Crippen LogP contribution is -2.57. The van der Waals surface area contributed by atoms with Crippen LogP contribution in [0.5, 0.6) is 0 Å². The molecule has 0 radical (unpaired) electrons. The number of ether oxygens (including phenoxy) is 1. The number of hydrogen-bond donors (Lipinski definition) is 1. The molecule has 30 heavy (non-hydrogen) atoms. The molecule has 2 aliphatic heterocycles. The minimum absolute atomic E-state index is 0.174. The van der Waals surface area contributed by atoms with Gasteiger partial charge in [0.2, 0.25) is 5.60 Å². The van der Waals surface area contributed by atoms with Gasteiger partial charge in [0.25, 0.3) is 0 Å². The molecule has 1 spiro atoms. The SMILES string of the molecule is C[C@H]1CC[C@@H]2[C@@H](OC(=O)C23CC(c2ccc(C#N)cc2)=NO3)[C@]2(C)C(=O)C=C[C@@]12O. The number of nitriles is 1. The van der Waals surface area contributed by atoms with Crippen LogP contribution in [-0.4, -0.2) is 39.9 Å². The highest BCUT2D eigenvalue weighted by atomic mass is 16.7. The molecule has 0 bridgehead atoms. The summed E-state index contributed by atoms with van der Waals surface area (Å²) in [6.45, 7) is 3.61. The van der Waals surface area contributed by atoms with E-state index in [0.29, 0.717) is 24.1 Å². The molecule has 1 aromatic carbocycles. The minimum Gasteiger partial charge on any atom is -0.458 e. The van der Waals surface area contributed by atoms with Crippen molar-refractivity contribution >= 4 is 17.5 Å². The number of carbonyl (C=O) groups is 2. The van der Waals surface area contributed by atoms with Gasteiger partial charge in [0, 0.05) is 6.42 Å². The van der Waals surface area contributed by atoms with E-state index in [4.69, 9.17) is 14.8 Å². The quantitative estimate of drug-likeness (QED) is 0.717. The van der Waals surface area contributed by atoms with Crippen LogP contribution in [0.3, 0.4) is 0 Å². The Morgan fingerprint density at radius 2 is 1.97 bits per heavy atom. The summed E-state index contributed by atoms with van der Waals surface area (Å²) in [6.07, 6.45) is 3.61. The topological polar surface area (TPSA) is 109 Å². The molecule has 154 valence electrons. The molecule has 5 rings (SSSR count). The Balaban J connectivity index is 1.51. The maximum absolute atomic E-state index is 13.1. The number of nitrogens with zero attached hydrogens (tertiary/aromatic N) is 2. The van der Waals surface area contributed by atoms with E-state index in [1.54, 1.807) is 37.3 Å². The summed E-state index contributed by atoms with van der Waals surface area (Å²) in [5, 5.41) is 24.6. The Labute approximate surface area is 174 Å². The normalized spacial score (nSPS) is 41.5. The second kappa shape index (κ2) is 6.02. The number of benzene rings is 1. The van der Waals surface area contributed by atoms with Crippen molar-refractivity contribution in [2.45, 2.75) is 50.4 Å². The van der Waals surface area contributed by atoms with Crippen LogP contribution in [0.4, 0.5) is 0 Å². The van der Waals surface area contributed by atoms with Crippen LogP contribution >= 0.6 is 0 Å². The first kappa shape index (κ1) is 19.0. The van der Waals surface area contributed by atoms with Gasteiger partial charge < -0.3 is 14.7 Å². The van der Waals surface area contributed by atoms with Gasteiger partial charge in [-0.1, -0.05) is 24.2 Å². The van der Waals surface area contributed by atoms with E-state index < -0.39 is 34.6 Å². The number of carbonyl (C=O) groups excluding carboxylic acids is 2. The highest BCUT2D eigenvalue weighted by molar-refractivity contribution is 6.06. The molecule has 1 N–H and O–H groups in total. The van der Waals surface area contributed by atoms with Crippen molar-refractivity contribution in [3.8, 4) is 6.07 Å². The maximum atomic E-state index is 13.1. The van der Waals surface area contributed by atoms with Gasteiger partial charge in [-0.05, 0) is 55.5 Å². The molecule has 6 atom stereocenters. The number of ketones is 1. The fourth-order valence-electron chi connectivity index (χ4n) is 5.69. The van der Waals surface area contributed by atoms with Gasteiger partial charge in [-0.3, -0.25) is 4.79 Å². The molecule has 4 aliphatic rings. The minimum atomic E-state index is -1.37. The molecule has 1 unspecified atom stereocenters. The second-order valence-corrected chi connectivity index (χ2v) is 9.02. The number of esters is 1. The van der Waals surface area contributed by atoms with Gasteiger partial charge in [0.05, 0.1) is 23.3 Å². The summed E-state index contributed by atoms with van der Waals surface area (Å²) in [4.78, 5) is 31.8. The Hall–Kier alpha value is -2.98. The van der Waals surface area contributed by atoms with Crippen LogP contribution in [0, 0.1) is 28.6 Å². The van der Waals surface area contributed by atoms with E-state index in [9.17, 15) is 14.7 Å². The van der Waals surface area contributed by atoms with Crippen LogP contribution in [0.2, 0.25) is 0 Å². The van der Waals surface area contributed by atoms with Crippen LogP contribution in [0.25, 0.3) is 0 Å². The lowest BCUT2D eigenvalue weighted by Gasteiger charge is -2.43. The summed E-state index contributed by atoms with van der Waals surface area (Å²) < 4.78 is 5.80. The summed E-state index contributed by atoms with van der Waals surface area (Å²) in [6, 6.07) is 9.01. The molecule has 7 heteroatoms. The van der Waals surface area contributed by atoms with Crippen molar-refractivity contribution in [1.29, 1.82) is 5.26 Å². The Morgan fingerprint density at radius 1 is 1.23 bits per heavy atom. The second-order valence-electron chi connectivity index (χ2n) is 9.02. The zero-order chi connectivity index (χ0) is 21.3. The third-order valence-electron chi connectivity index (χ3n) is 7.70. The van der Waals surface area contributed by atoms with Crippen molar-refractivity contribution < 1.29 is 24.3 Å². The molecule has 1 saturated heterocycles. The van der Waals surface area contributed by atoms with Gasteiger partial charge in [0.15, 0.2) is 5.78 Å². The number of allylic oxidation sites excluding steroid dienone is 1. The third-order valence-corrected chi connectivity index (χ3v) is 7.70. The van der Waals surface area contributed by atoms with E-state index >= 15 is 0 Å². The fourth-order valence-corrected chi connectivity index (χ4v) is 5.69. The zero-order valence-corrected chi connectivity index (χ0v) is 16.8. The molecular weight excluding hydrogens is 384 g/mol. The number of oxime groups is 1. The van der Waals surface area contributed by atoms with Crippen LogP contribution in [-0.2, 0) is 19.2 Å². The molecule has 1 saturated carbocycles. The average Bonchev–Trinajstić information content (AvgIpc) is 3.37. The lowest BCUT2D eigenvalue weighted by molar-refractivity contribution is -0.169. The fraction of sp³-hybridized carbons (Fsp3) is 0.478. The molecular formula is C23H22N2O5. The lowest BCUT2D eigenvalue weighted by atomic mass is 9.63. The van der Waals surface area contributed by atoms with Crippen LogP contribution in [0.1, 0.15) is 44.2 Å². The molecule has 2 fully saturated rings. The summed E-state index contributed by atoms with van der Waals surface area (Å²) >= 11 is 0. The van der Waals surface area contributed by atoms with Gasteiger partial charge >= 0.3 is 5.97 Å². The van der Waals surface area contributed by atoms with Gasteiger partial charge in [-0.2, -0.15) is 5.26 Å². The van der Waals surface area contributed by atoms with Gasteiger partial charge in [-0.15, -0.1) is 0 Å². The van der Waals surface area contributed by atoms with Gasteiger partial charge in [-0.25, -0.2) is 4.79 Å². The number of rotatable bonds is 1. The summed E-state index contributed by atoms with van der Waals surface area (Å²) in [5.41, 5.74) is -2.02. The smallest absolute Gasteiger partial charge is 0.354 e. The first-order chi connectivity index (χ1) is 14.3. The molecule has 7 nitrogen and oxygen atoms in total. The first-order valence-electron chi connectivity index (χ1n) is 10.2. The predicted octanol–water partition coefficient (Wildman–Crippen LogP) is 2.27. The molecule has 1 aromatic rings. The summed E-state index contributed by atoms with van der Waals surface area (Å²) in [7, 11) is 0.